The Hall–Kier alpha value is -2.80. The summed E-state index contributed by atoms with van der Waals surface area (Å²) < 4.78 is 17.7. The van der Waals surface area contributed by atoms with Gasteiger partial charge in [-0.15, -0.1) is 11.3 Å². The number of carbonyl (C=O) groups excluding carboxylic acids is 1. The fraction of sp³-hybridized carbons (Fsp3) is 0.200. The largest absolute Gasteiger partial charge is 0.493 e. The third-order valence-electron chi connectivity index (χ3n) is 4.89. The van der Waals surface area contributed by atoms with Crippen LogP contribution >= 0.6 is 34.5 Å². The van der Waals surface area contributed by atoms with Crippen LogP contribution in [0.25, 0.3) is 10.1 Å². The Labute approximate surface area is 205 Å². The summed E-state index contributed by atoms with van der Waals surface area (Å²) in [7, 11) is 0. The van der Waals surface area contributed by atoms with Crippen LogP contribution in [0, 0.1) is 0 Å². The van der Waals surface area contributed by atoms with Gasteiger partial charge in [-0.1, -0.05) is 41.4 Å². The molecule has 0 aliphatic heterocycles. The van der Waals surface area contributed by atoms with Crippen molar-refractivity contribution >= 4 is 50.6 Å². The number of carbonyl (C=O) groups is 1. The van der Waals surface area contributed by atoms with E-state index in [9.17, 15) is 4.79 Å². The number of pyridine rings is 1. The van der Waals surface area contributed by atoms with Crippen LogP contribution in [-0.4, -0.2) is 24.2 Å². The molecule has 0 amide bonds. The van der Waals surface area contributed by atoms with E-state index in [1.165, 1.54) is 17.5 Å². The number of fused-ring (bicyclic) bond motifs is 1. The minimum absolute atomic E-state index is 0.280. The van der Waals surface area contributed by atoms with Gasteiger partial charge in [-0.3, -0.25) is 0 Å². The molecular weight excluding hydrogens is 481 g/mol. The van der Waals surface area contributed by atoms with E-state index in [2.05, 4.69) is 4.98 Å². The highest BCUT2D eigenvalue weighted by Gasteiger charge is 2.18. The predicted octanol–water partition coefficient (Wildman–Crippen LogP) is 6.98. The van der Waals surface area contributed by atoms with Gasteiger partial charge in [-0.2, -0.15) is 0 Å². The number of aromatic nitrogens is 1. The molecular formula is C25H21Cl2NO4S. The molecule has 2 aromatic carbocycles. The zero-order valence-corrected chi connectivity index (χ0v) is 20.2. The zero-order valence-electron chi connectivity index (χ0n) is 17.8. The molecule has 0 radical (unpaired) electrons. The summed E-state index contributed by atoms with van der Waals surface area (Å²) in [4.78, 5) is 16.4. The lowest BCUT2D eigenvalue weighted by Gasteiger charge is -2.10. The van der Waals surface area contributed by atoms with Crippen LogP contribution in [0.15, 0.2) is 60.1 Å². The van der Waals surface area contributed by atoms with Crippen LogP contribution in [0.2, 0.25) is 10.2 Å². The fourth-order valence-electron chi connectivity index (χ4n) is 3.28. The molecule has 0 saturated heterocycles. The van der Waals surface area contributed by atoms with E-state index in [1.807, 2.05) is 53.9 Å². The normalized spacial score (nSPS) is 10.9. The summed E-state index contributed by atoms with van der Waals surface area (Å²) in [6.45, 7) is 2.88. The predicted molar refractivity (Wildman–Crippen MR) is 132 cm³/mol. The molecule has 0 saturated carbocycles. The lowest BCUT2D eigenvalue weighted by atomic mass is 10.2. The van der Waals surface area contributed by atoms with Crippen molar-refractivity contribution in [3.8, 4) is 11.5 Å². The molecule has 170 valence electrons. The number of hydrogen-bond acceptors (Lipinski definition) is 6. The molecule has 0 unspecified atom stereocenters. The van der Waals surface area contributed by atoms with E-state index in [4.69, 9.17) is 37.4 Å². The molecule has 2 aromatic heterocycles. The average molecular weight is 502 g/mol. The molecule has 33 heavy (non-hydrogen) atoms. The van der Waals surface area contributed by atoms with Crippen LogP contribution < -0.4 is 9.47 Å². The Balaban J connectivity index is 1.41. The van der Waals surface area contributed by atoms with Crippen molar-refractivity contribution in [1.82, 2.24) is 4.98 Å². The zero-order chi connectivity index (χ0) is 23.2. The highest BCUT2D eigenvalue weighted by atomic mass is 35.5. The molecule has 4 aromatic rings. The molecule has 5 nitrogen and oxygen atoms in total. The molecule has 0 N–H and O–H groups in total. The molecule has 4 rings (SSSR count). The summed E-state index contributed by atoms with van der Waals surface area (Å²) in [5.74, 6) is 0.981. The summed E-state index contributed by atoms with van der Waals surface area (Å²) in [5, 5.41) is 3.69. The van der Waals surface area contributed by atoms with Gasteiger partial charge in [-0.05, 0) is 42.1 Å². The lowest BCUT2D eigenvalue weighted by Crippen LogP contribution is -2.05. The van der Waals surface area contributed by atoms with Gasteiger partial charge in [0.2, 0.25) is 0 Å². The number of hydrogen-bond donors (Lipinski definition) is 0. The molecule has 0 aliphatic rings. The minimum atomic E-state index is -0.413. The minimum Gasteiger partial charge on any atom is -0.493 e. The topological polar surface area (TPSA) is 57.7 Å². The summed E-state index contributed by atoms with van der Waals surface area (Å²) in [6.07, 6.45) is 2.23. The molecule has 2 heterocycles. The van der Waals surface area contributed by atoms with Gasteiger partial charge >= 0.3 is 5.97 Å². The van der Waals surface area contributed by atoms with Crippen LogP contribution in [0.5, 0.6) is 11.5 Å². The maximum Gasteiger partial charge on any atom is 0.341 e. The third kappa shape index (κ3) is 5.77. The summed E-state index contributed by atoms with van der Waals surface area (Å²) in [5.41, 5.74) is 2.42. The van der Waals surface area contributed by atoms with Crippen molar-refractivity contribution in [2.45, 2.75) is 20.0 Å². The van der Waals surface area contributed by atoms with Crippen molar-refractivity contribution in [1.29, 1.82) is 0 Å². The average Bonchev–Trinajstić information content (AvgIpc) is 3.25. The summed E-state index contributed by atoms with van der Waals surface area (Å²) in [6, 6.07) is 15.2. The number of halogens is 2. The van der Waals surface area contributed by atoms with Crippen LogP contribution in [0.3, 0.4) is 0 Å². The van der Waals surface area contributed by atoms with Gasteiger partial charge in [0.05, 0.1) is 23.5 Å². The second-order valence-corrected chi connectivity index (χ2v) is 8.81. The van der Waals surface area contributed by atoms with Crippen molar-refractivity contribution in [3.63, 3.8) is 0 Å². The second kappa shape index (κ2) is 10.9. The highest BCUT2D eigenvalue weighted by Crippen LogP contribution is 2.34. The van der Waals surface area contributed by atoms with Crippen LogP contribution in [0.4, 0.5) is 0 Å². The SMILES string of the molecule is CCOC(=O)c1cnc(Cl)c2c(COc3cccc(OCCc4ccc(Cl)cc4)c3)csc12. The quantitative estimate of drug-likeness (QED) is 0.183. The van der Waals surface area contributed by atoms with Crippen LogP contribution in [0.1, 0.15) is 28.4 Å². The second-order valence-electron chi connectivity index (χ2n) is 7.14. The van der Waals surface area contributed by atoms with Gasteiger partial charge < -0.3 is 14.2 Å². The van der Waals surface area contributed by atoms with E-state index in [1.54, 1.807) is 6.92 Å². The molecule has 0 spiro atoms. The maximum absolute atomic E-state index is 12.2. The first kappa shape index (κ1) is 23.4. The first-order valence-electron chi connectivity index (χ1n) is 10.4. The van der Waals surface area contributed by atoms with Gasteiger partial charge in [0.15, 0.2) is 0 Å². The first-order valence-corrected chi connectivity index (χ1v) is 12.0. The summed E-state index contributed by atoms with van der Waals surface area (Å²) >= 11 is 13.7. The molecule has 0 fully saturated rings. The smallest absolute Gasteiger partial charge is 0.341 e. The third-order valence-corrected chi connectivity index (χ3v) is 6.49. The van der Waals surface area contributed by atoms with Crippen molar-refractivity contribution in [2.75, 3.05) is 13.2 Å². The Morgan fingerprint density at radius 2 is 1.82 bits per heavy atom. The van der Waals surface area contributed by atoms with E-state index in [-0.39, 0.29) is 6.61 Å². The molecule has 0 bridgehead atoms. The Kier molecular flexibility index (Phi) is 7.70. The van der Waals surface area contributed by atoms with Crippen molar-refractivity contribution < 1.29 is 19.0 Å². The van der Waals surface area contributed by atoms with Gasteiger partial charge in [-0.25, -0.2) is 9.78 Å². The molecule has 0 aliphatic carbocycles. The highest BCUT2D eigenvalue weighted by molar-refractivity contribution is 7.17. The number of thiophene rings is 1. The monoisotopic (exact) mass is 501 g/mol. The van der Waals surface area contributed by atoms with E-state index in [0.29, 0.717) is 35.1 Å². The Morgan fingerprint density at radius 3 is 2.58 bits per heavy atom. The first-order chi connectivity index (χ1) is 16.0. The number of ether oxygens (including phenoxy) is 3. The number of benzene rings is 2. The standard InChI is InChI=1S/C25H21Cl2NO4S/c1-2-30-25(29)21-13-28-24(27)22-17(15-33-23(21)22)14-32-20-5-3-4-19(12-20)31-11-10-16-6-8-18(26)9-7-16/h3-9,12-13,15H,2,10-11,14H2,1H3. The number of esters is 1. The van der Waals surface area contributed by atoms with E-state index >= 15 is 0 Å². The number of rotatable bonds is 9. The number of nitrogens with zero attached hydrogens (tertiary/aromatic N) is 1. The molecule has 8 heteroatoms. The maximum atomic E-state index is 12.2. The van der Waals surface area contributed by atoms with Crippen molar-refractivity contribution in [2.24, 2.45) is 0 Å². The van der Waals surface area contributed by atoms with Gasteiger partial charge in [0.1, 0.15) is 23.3 Å². The van der Waals surface area contributed by atoms with Crippen molar-refractivity contribution in [3.05, 3.63) is 87.0 Å². The fourth-order valence-corrected chi connectivity index (χ4v) is 4.78. The van der Waals surface area contributed by atoms with Gasteiger partial charge in [0.25, 0.3) is 0 Å². The van der Waals surface area contributed by atoms with Crippen LogP contribution in [-0.2, 0) is 17.8 Å². The van der Waals surface area contributed by atoms with E-state index < -0.39 is 5.97 Å². The Bertz CT molecular complexity index is 1260. The van der Waals surface area contributed by atoms with E-state index in [0.717, 1.165) is 33.0 Å². The van der Waals surface area contributed by atoms with Gasteiger partial charge in [0, 0.05) is 34.7 Å². The Morgan fingerprint density at radius 1 is 1.06 bits per heavy atom. The molecule has 0 atom stereocenters. The lowest BCUT2D eigenvalue weighted by molar-refractivity contribution is 0.0528.